The predicted octanol–water partition coefficient (Wildman–Crippen LogP) is 4.06. The van der Waals surface area contributed by atoms with Crippen LogP contribution in [0, 0.1) is 5.92 Å². The molecule has 0 bridgehead atoms. The number of allylic oxidation sites excluding steroid dienone is 3. The maximum Gasteiger partial charge on any atom is 0.226 e. The first-order valence-electron chi connectivity index (χ1n) is 13.9. The maximum absolute atomic E-state index is 14.7. The smallest absolute Gasteiger partial charge is 0.226 e. The number of likely N-dealkylation sites (tertiary alicyclic amines) is 1. The second-order valence-corrected chi connectivity index (χ2v) is 11.2. The number of aliphatic hydroxyl groups is 1. The lowest BCUT2D eigenvalue weighted by atomic mass is 9.83. The topological polar surface area (TPSA) is 93.6 Å². The van der Waals surface area contributed by atoms with Crippen LogP contribution in [0.1, 0.15) is 57.9 Å². The van der Waals surface area contributed by atoms with Crippen LogP contribution in [0.5, 0.6) is 0 Å². The molecule has 2 unspecified atom stereocenters. The highest BCUT2D eigenvalue weighted by Crippen LogP contribution is 2.38. The fourth-order valence-electron chi connectivity index (χ4n) is 6.10. The SMILES string of the molecule is CC(C)Nc1ncc2c(n1)N(C1CCC(C(=O)N3CCC[C@@H]3CO)CC1)C(NC1C(F)=CC(F)=CC1F)=CC2. The van der Waals surface area contributed by atoms with Crippen molar-refractivity contribution in [3.05, 3.63) is 47.5 Å². The summed E-state index contributed by atoms with van der Waals surface area (Å²) in [6.45, 7) is 4.64. The molecule has 3 atom stereocenters. The quantitative estimate of drug-likeness (QED) is 0.475. The van der Waals surface area contributed by atoms with E-state index in [-0.39, 0.29) is 36.6 Å². The van der Waals surface area contributed by atoms with Gasteiger partial charge in [0.15, 0.2) is 0 Å². The fraction of sp³-hybridized carbons (Fsp3) is 0.607. The molecule has 11 heteroatoms. The summed E-state index contributed by atoms with van der Waals surface area (Å²) in [7, 11) is 0. The summed E-state index contributed by atoms with van der Waals surface area (Å²) in [6.07, 6.45) is 8.14. The first-order valence-corrected chi connectivity index (χ1v) is 13.9. The second kappa shape index (κ2) is 11.6. The minimum Gasteiger partial charge on any atom is -0.394 e. The standard InChI is InChI=1S/C28H37F3N6O2/c1-16(2)33-28-32-14-18-7-10-24(34-25-22(30)12-19(29)13-23(25)31)37(26(18)35-28)20-8-5-17(6-9-20)27(39)36-11-3-4-21(36)15-38/h10,12-14,16-17,20-22,25,34,38H,3-9,11,15H2,1-2H3,(H,32,33,35)/t17?,20?,21-,22?,25?/m1/s1. The van der Waals surface area contributed by atoms with Crippen molar-refractivity contribution in [2.75, 3.05) is 23.4 Å². The summed E-state index contributed by atoms with van der Waals surface area (Å²) in [6, 6.07) is -1.41. The Morgan fingerprint density at radius 3 is 2.67 bits per heavy atom. The fourth-order valence-corrected chi connectivity index (χ4v) is 6.10. The van der Waals surface area contributed by atoms with Crippen molar-refractivity contribution >= 4 is 17.7 Å². The highest BCUT2D eigenvalue weighted by atomic mass is 19.2. The summed E-state index contributed by atoms with van der Waals surface area (Å²) in [5, 5.41) is 15.9. The molecule has 8 nitrogen and oxygen atoms in total. The molecule has 0 aromatic carbocycles. The number of hydrogen-bond donors (Lipinski definition) is 3. The van der Waals surface area contributed by atoms with E-state index in [4.69, 9.17) is 4.98 Å². The minimum absolute atomic E-state index is 0.0151. The number of fused-ring (bicyclic) bond motifs is 1. The van der Waals surface area contributed by atoms with Gasteiger partial charge in [-0.15, -0.1) is 0 Å². The number of alkyl halides is 1. The molecule has 2 aliphatic heterocycles. The van der Waals surface area contributed by atoms with Crippen molar-refractivity contribution in [3.63, 3.8) is 0 Å². The van der Waals surface area contributed by atoms with Crippen LogP contribution in [0.2, 0.25) is 0 Å². The molecular weight excluding hydrogens is 509 g/mol. The molecule has 2 fully saturated rings. The van der Waals surface area contributed by atoms with Crippen LogP contribution < -0.4 is 15.5 Å². The van der Waals surface area contributed by atoms with E-state index in [0.29, 0.717) is 62.3 Å². The van der Waals surface area contributed by atoms with Gasteiger partial charge in [-0.05, 0) is 70.9 Å². The third kappa shape index (κ3) is 5.78. The summed E-state index contributed by atoms with van der Waals surface area (Å²) in [5.74, 6) is -0.226. The van der Waals surface area contributed by atoms with Crippen molar-refractivity contribution < 1.29 is 23.1 Å². The monoisotopic (exact) mass is 546 g/mol. The lowest BCUT2D eigenvalue weighted by molar-refractivity contribution is -0.138. The van der Waals surface area contributed by atoms with E-state index in [9.17, 15) is 23.1 Å². The van der Waals surface area contributed by atoms with Crippen LogP contribution in [0.25, 0.3) is 0 Å². The zero-order valence-electron chi connectivity index (χ0n) is 22.4. The summed E-state index contributed by atoms with van der Waals surface area (Å²) >= 11 is 0. The Morgan fingerprint density at radius 1 is 1.21 bits per heavy atom. The predicted molar refractivity (Wildman–Crippen MR) is 143 cm³/mol. The van der Waals surface area contributed by atoms with Crippen LogP contribution in [0.3, 0.4) is 0 Å². The molecule has 3 N–H and O–H groups in total. The van der Waals surface area contributed by atoms with Crippen LogP contribution in [-0.4, -0.2) is 69.4 Å². The van der Waals surface area contributed by atoms with Gasteiger partial charge in [-0.1, -0.05) is 0 Å². The Morgan fingerprint density at radius 2 is 1.97 bits per heavy atom. The zero-order valence-corrected chi connectivity index (χ0v) is 22.4. The molecule has 0 radical (unpaired) electrons. The number of nitrogens with zero attached hydrogens (tertiary/aromatic N) is 4. The molecule has 212 valence electrons. The molecule has 39 heavy (non-hydrogen) atoms. The summed E-state index contributed by atoms with van der Waals surface area (Å²) in [5.41, 5.74) is 0.887. The minimum atomic E-state index is -1.86. The first-order chi connectivity index (χ1) is 18.7. The van der Waals surface area contributed by atoms with Crippen LogP contribution in [0.4, 0.5) is 24.9 Å². The van der Waals surface area contributed by atoms with Crippen LogP contribution in [0.15, 0.2) is 41.9 Å². The number of anilines is 2. The number of carbonyl (C=O) groups excluding carboxylic acids is 1. The van der Waals surface area contributed by atoms with E-state index in [1.165, 1.54) is 0 Å². The Balaban J connectivity index is 1.38. The zero-order chi connectivity index (χ0) is 27.7. The largest absolute Gasteiger partial charge is 0.394 e. The third-order valence-corrected chi connectivity index (χ3v) is 8.06. The van der Waals surface area contributed by atoms with Crippen LogP contribution >= 0.6 is 0 Å². The third-order valence-electron chi connectivity index (χ3n) is 8.06. The van der Waals surface area contributed by atoms with E-state index in [0.717, 1.165) is 24.5 Å². The number of amides is 1. The molecule has 1 saturated carbocycles. The lowest BCUT2D eigenvalue weighted by Gasteiger charge is -2.42. The summed E-state index contributed by atoms with van der Waals surface area (Å²) < 4.78 is 43.0. The van der Waals surface area contributed by atoms with Crippen LogP contribution in [-0.2, 0) is 11.2 Å². The number of carbonyl (C=O) groups is 1. The van der Waals surface area contributed by atoms with E-state index in [1.807, 2.05) is 29.7 Å². The average Bonchev–Trinajstić information content (AvgIpc) is 3.39. The lowest BCUT2D eigenvalue weighted by Crippen LogP contribution is -2.50. The van der Waals surface area contributed by atoms with Gasteiger partial charge < -0.3 is 25.5 Å². The van der Waals surface area contributed by atoms with Crippen molar-refractivity contribution in [1.29, 1.82) is 0 Å². The number of rotatable bonds is 7. The number of hydrogen-bond acceptors (Lipinski definition) is 7. The maximum atomic E-state index is 14.7. The van der Waals surface area contributed by atoms with Gasteiger partial charge in [0.25, 0.3) is 0 Å². The second-order valence-electron chi connectivity index (χ2n) is 11.2. The summed E-state index contributed by atoms with van der Waals surface area (Å²) in [4.78, 5) is 26.3. The van der Waals surface area contributed by atoms with Gasteiger partial charge in [0.1, 0.15) is 35.5 Å². The number of aromatic nitrogens is 2. The van der Waals surface area contributed by atoms with Gasteiger partial charge >= 0.3 is 0 Å². The molecule has 4 aliphatic rings. The highest BCUT2D eigenvalue weighted by molar-refractivity contribution is 5.79. The van der Waals surface area contributed by atoms with Crippen molar-refractivity contribution in [3.8, 4) is 0 Å². The molecule has 1 saturated heterocycles. The van der Waals surface area contributed by atoms with Gasteiger partial charge in [0.2, 0.25) is 11.9 Å². The number of nitrogens with one attached hydrogen (secondary N) is 2. The van der Waals surface area contributed by atoms with E-state index >= 15 is 0 Å². The number of halogens is 3. The Kier molecular flexibility index (Phi) is 8.16. The van der Waals surface area contributed by atoms with Crippen molar-refractivity contribution in [2.24, 2.45) is 5.92 Å². The molecule has 3 heterocycles. The van der Waals surface area contributed by atoms with Gasteiger partial charge in [-0.25, -0.2) is 18.2 Å². The van der Waals surface area contributed by atoms with Gasteiger partial charge in [-0.3, -0.25) is 4.79 Å². The Labute approximate surface area is 227 Å². The molecule has 0 spiro atoms. The van der Waals surface area contributed by atoms with Crippen molar-refractivity contribution in [2.45, 2.75) is 89.1 Å². The molecule has 1 amide bonds. The Bertz CT molecular complexity index is 1160. The van der Waals surface area contributed by atoms with E-state index in [1.54, 1.807) is 6.20 Å². The average molecular weight is 547 g/mol. The number of aliphatic hydroxyl groups excluding tert-OH is 1. The Hall–Kier alpha value is -3.08. The first kappa shape index (κ1) is 27.5. The molecule has 1 aromatic heterocycles. The van der Waals surface area contributed by atoms with Crippen molar-refractivity contribution in [1.82, 2.24) is 20.2 Å². The molecular formula is C28H37F3N6O2. The van der Waals surface area contributed by atoms with E-state index in [2.05, 4.69) is 15.6 Å². The van der Waals surface area contributed by atoms with Gasteiger partial charge in [-0.2, -0.15) is 4.98 Å². The van der Waals surface area contributed by atoms with Gasteiger partial charge in [0, 0.05) is 42.4 Å². The molecule has 5 rings (SSSR count). The van der Waals surface area contributed by atoms with Gasteiger partial charge in [0.05, 0.1) is 12.6 Å². The highest BCUT2D eigenvalue weighted by Gasteiger charge is 2.39. The molecule has 2 aliphatic carbocycles. The molecule has 1 aromatic rings. The normalized spacial score (nSPS) is 29.0. The van der Waals surface area contributed by atoms with E-state index < -0.39 is 23.9 Å².